The first-order valence-electron chi connectivity index (χ1n) is 21.9. The van der Waals surface area contributed by atoms with E-state index in [1.54, 1.807) is 36.9 Å². The minimum Gasteiger partial charge on any atom is -0.512 e. The summed E-state index contributed by atoms with van der Waals surface area (Å²) in [5.41, 5.74) is 13.7. The lowest BCUT2D eigenvalue weighted by atomic mass is 9.49. The first kappa shape index (κ1) is 44.5. The fourth-order valence-electron chi connectivity index (χ4n) is 13.3. The molecule has 2 saturated carbocycles. The lowest BCUT2D eigenvalue weighted by Crippen LogP contribution is -2.65. The van der Waals surface area contributed by atoms with Gasteiger partial charge in [-0.1, -0.05) is 76.3 Å². The molecule has 58 heavy (non-hydrogen) atoms. The zero-order valence-corrected chi connectivity index (χ0v) is 38.3. The summed E-state index contributed by atoms with van der Waals surface area (Å²) in [6.07, 6.45) is 15.2. The van der Waals surface area contributed by atoms with Gasteiger partial charge in [0.2, 0.25) is 0 Å². The summed E-state index contributed by atoms with van der Waals surface area (Å²) in [4.78, 5) is 41.8. The van der Waals surface area contributed by atoms with Gasteiger partial charge in [-0.25, -0.2) is 4.68 Å². The Hall–Kier alpha value is -3.10. The van der Waals surface area contributed by atoms with E-state index in [2.05, 4.69) is 53.1 Å². The van der Waals surface area contributed by atoms with Crippen molar-refractivity contribution in [2.45, 2.75) is 162 Å². The molecule has 2 saturated heterocycles. The number of aromatic nitrogens is 2. The Bertz CT molecular complexity index is 1970. The van der Waals surface area contributed by atoms with Gasteiger partial charge in [-0.2, -0.15) is 0 Å². The summed E-state index contributed by atoms with van der Waals surface area (Å²) in [7, 11) is 1.12. The topological polar surface area (TPSA) is 152 Å². The molecule has 3 aliphatic carbocycles. The quantitative estimate of drug-likeness (QED) is 0.0821. The number of Topliss-reactive ketones (excluding diaryl/α,β-unsaturated/α-hetero) is 1. The van der Waals surface area contributed by atoms with E-state index in [1.165, 1.54) is 11.8 Å². The average Bonchev–Trinajstić information content (AvgIpc) is 3.64. The monoisotopic (exact) mass is 821 g/mol. The van der Waals surface area contributed by atoms with Crippen molar-refractivity contribution in [2.75, 3.05) is 19.8 Å². The van der Waals surface area contributed by atoms with Crippen LogP contribution in [0.1, 0.15) is 133 Å². The normalized spacial score (nSPS) is 35.2. The minimum absolute atomic E-state index is 0.0161. The highest BCUT2D eigenvalue weighted by Crippen LogP contribution is 2.82. The number of carbonyl (C=O) groups excluding carboxylic acids is 2. The number of allylic oxidation sites excluding steroid dienone is 6. The second-order valence-electron chi connectivity index (χ2n) is 20.4. The highest BCUT2D eigenvalue weighted by molar-refractivity contribution is 7.61. The molecule has 0 spiro atoms. The summed E-state index contributed by atoms with van der Waals surface area (Å²) in [5, 5.41) is 10.7. The van der Waals surface area contributed by atoms with Crippen molar-refractivity contribution in [1.29, 1.82) is 0 Å². The number of fused-ring (bicyclic) bond motifs is 7. The zero-order chi connectivity index (χ0) is 42.8. The van der Waals surface area contributed by atoms with Gasteiger partial charge in [-0.05, 0) is 115 Å². The van der Waals surface area contributed by atoms with Gasteiger partial charge in [-0.15, -0.1) is 0 Å². The Balaban J connectivity index is 1.35. The molecule has 0 radical (unpaired) electrons. The first-order chi connectivity index (χ1) is 27.1. The number of nitrogens with zero attached hydrogens (tertiary/aromatic N) is 2. The molecule has 5 N–H and O–H groups in total. The van der Waals surface area contributed by atoms with Gasteiger partial charge >= 0.3 is 5.97 Å². The van der Waals surface area contributed by atoms with E-state index < -0.39 is 18.8 Å². The zero-order valence-electron chi connectivity index (χ0n) is 37.4. The standard InChI is InChI=1S/C47H73N4O6P/c1-12-36(53)42(4,5)28-39(55)57-37-16-18-45(9)34(43(37,6)7)15-19-46(10)44(8)20-21-47(27-33(52)40(30(2)3)41(47)32(44)17-25-58(45)46)35-26-38(54)51(50(35)24-22-48)23-13-14-31(29-49)56-11/h12-14,26,29-30,32,34,37,53H,15-25,27-28,48-49H2,1-11H3/b14-13-,31-29+,36-12+/t32?,34?,37?,44-,45?,46?,47?,58?/m1/s1. The first-order valence-corrected chi connectivity index (χ1v) is 23.4. The van der Waals surface area contributed by atoms with Crippen molar-refractivity contribution in [3.05, 3.63) is 69.2 Å². The summed E-state index contributed by atoms with van der Waals surface area (Å²) in [6, 6.07) is 1.81. The number of aliphatic hydroxyl groups is 1. The van der Waals surface area contributed by atoms with Crippen molar-refractivity contribution in [3.8, 4) is 0 Å². The van der Waals surface area contributed by atoms with Crippen LogP contribution in [0.15, 0.2) is 58.0 Å². The fourth-order valence-corrected chi connectivity index (χ4v) is 18.5. The Morgan fingerprint density at radius 1 is 1.07 bits per heavy atom. The van der Waals surface area contributed by atoms with E-state index in [1.807, 2.05) is 19.9 Å². The fraction of sp³-hybridized carbons (Fsp3) is 0.723. The van der Waals surface area contributed by atoms with Crippen molar-refractivity contribution in [2.24, 2.45) is 45.5 Å². The summed E-state index contributed by atoms with van der Waals surface area (Å²) >= 11 is 0. The third kappa shape index (κ3) is 6.79. The molecular formula is C47H73N4O6P. The number of ether oxygens (including phenoxy) is 2. The highest BCUT2D eigenvalue weighted by atomic mass is 31.1. The molecule has 0 bridgehead atoms. The number of carbonyl (C=O) groups is 2. The molecule has 6 rings (SSSR count). The van der Waals surface area contributed by atoms with Gasteiger partial charge < -0.3 is 26.0 Å². The molecular weight excluding hydrogens is 748 g/mol. The van der Waals surface area contributed by atoms with Crippen LogP contribution in [0, 0.1) is 34.0 Å². The summed E-state index contributed by atoms with van der Waals surface area (Å²) < 4.78 is 15.5. The average molecular weight is 821 g/mol. The summed E-state index contributed by atoms with van der Waals surface area (Å²) in [5.74, 6) is 1.46. The second-order valence-corrected chi connectivity index (χ2v) is 23.7. The molecule has 0 amide bonds. The maximum absolute atomic E-state index is 14.5. The molecule has 4 fully saturated rings. The smallest absolute Gasteiger partial charge is 0.307 e. The van der Waals surface area contributed by atoms with E-state index in [9.17, 15) is 19.5 Å². The van der Waals surface area contributed by atoms with E-state index >= 15 is 0 Å². The predicted octanol–water partition coefficient (Wildman–Crippen LogP) is 8.61. The van der Waals surface area contributed by atoms with Crippen molar-refractivity contribution < 1.29 is 24.2 Å². The third-order valence-corrected chi connectivity index (χ3v) is 20.8. The van der Waals surface area contributed by atoms with Crippen LogP contribution in [0.25, 0.3) is 0 Å². The number of nitrogens with two attached hydrogens (primary N) is 2. The molecule has 1 aromatic rings. The molecule has 11 heteroatoms. The van der Waals surface area contributed by atoms with Gasteiger partial charge in [0, 0.05) is 41.5 Å². The number of hydrogen-bond acceptors (Lipinski definition) is 8. The van der Waals surface area contributed by atoms with Crippen molar-refractivity contribution in [3.63, 3.8) is 0 Å². The van der Waals surface area contributed by atoms with Crippen molar-refractivity contribution >= 4 is 19.7 Å². The molecule has 7 unspecified atom stereocenters. The maximum atomic E-state index is 14.5. The predicted molar refractivity (Wildman–Crippen MR) is 234 cm³/mol. The molecule has 5 aliphatic rings. The lowest BCUT2D eigenvalue weighted by Gasteiger charge is -2.72. The highest BCUT2D eigenvalue weighted by Gasteiger charge is 2.70. The van der Waals surface area contributed by atoms with E-state index in [0.717, 1.165) is 62.4 Å². The Labute approximate surface area is 348 Å². The van der Waals surface area contributed by atoms with Gasteiger partial charge in [0.05, 0.1) is 38.1 Å². The number of rotatable bonds is 12. The van der Waals surface area contributed by atoms with Gasteiger partial charge in [-0.3, -0.25) is 19.1 Å². The molecule has 2 aliphatic heterocycles. The van der Waals surface area contributed by atoms with Gasteiger partial charge in [0.15, 0.2) is 5.78 Å². The van der Waals surface area contributed by atoms with Crippen molar-refractivity contribution in [1.82, 2.24) is 9.36 Å². The molecule has 0 aromatic carbocycles. The lowest BCUT2D eigenvalue weighted by molar-refractivity contribution is -0.166. The molecule has 3 heterocycles. The van der Waals surface area contributed by atoms with Crippen LogP contribution in [0.5, 0.6) is 0 Å². The van der Waals surface area contributed by atoms with Crippen LogP contribution < -0.4 is 17.0 Å². The second kappa shape index (κ2) is 15.7. The maximum Gasteiger partial charge on any atom is 0.307 e. The Morgan fingerprint density at radius 3 is 2.40 bits per heavy atom. The van der Waals surface area contributed by atoms with Crippen LogP contribution in [0.3, 0.4) is 0 Å². The van der Waals surface area contributed by atoms with E-state index in [4.69, 9.17) is 20.9 Å². The molecule has 10 nitrogen and oxygen atoms in total. The number of esters is 1. The number of aliphatic hydroxyl groups excluding tert-OH is 1. The van der Waals surface area contributed by atoms with Crippen LogP contribution >= 0.6 is 7.92 Å². The largest absolute Gasteiger partial charge is 0.512 e. The number of ketones is 1. The van der Waals surface area contributed by atoms with E-state index in [-0.39, 0.29) is 68.6 Å². The SMILES string of the molecule is C/C=C(/O)C(C)(C)CC(=O)OC1CCC2(C)C(CCC3(C)P2CCC2C4=C(C(C)C)C(=O)CC4(c4cc(=O)n(C/C=C\C(=C/N)OC)n4CCN)CC[C@]23C)C1(C)C. The summed E-state index contributed by atoms with van der Waals surface area (Å²) in [6.45, 7) is 23.5. The van der Waals surface area contributed by atoms with Crippen LogP contribution in [0.4, 0.5) is 0 Å². The van der Waals surface area contributed by atoms with Crippen LogP contribution in [-0.4, -0.2) is 62.5 Å². The Kier molecular flexibility index (Phi) is 12.1. The molecule has 8 atom stereocenters. The Morgan fingerprint density at radius 2 is 1.78 bits per heavy atom. The van der Waals surface area contributed by atoms with Gasteiger partial charge in [0.25, 0.3) is 5.56 Å². The third-order valence-electron chi connectivity index (χ3n) is 16.4. The number of methoxy groups -OCH3 is 1. The molecule has 322 valence electrons. The van der Waals surface area contributed by atoms with Crippen LogP contribution in [-0.2, 0) is 37.6 Å². The van der Waals surface area contributed by atoms with E-state index in [0.29, 0.717) is 37.7 Å². The minimum atomic E-state index is -0.671. The van der Waals surface area contributed by atoms with Crippen LogP contribution in [0.2, 0.25) is 0 Å². The number of hydrogen-bond donors (Lipinski definition) is 3. The van der Waals surface area contributed by atoms with Gasteiger partial charge in [0.1, 0.15) is 11.9 Å². The molecule has 1 aromatic heterocycles.